The highest BCUT2D eigenvalue weighted by atomic mass is 16.5. The maximum absolute atomic E-state index is 5.91. The van der Waals surface area contributed by atoms with Gasteiger partial charge in [0, 0.05) is 6.54 Å². The Bertz CT molecular complexity index is 158. The second-order valence-electron chi connectivity index (χ2n) is 4.61. The molecule has 0 aromatic heterocycles. The van der Waals surface area contributed by atoms with Crippen LogP contribution in [0.3, 0.4) is 0 Å². The zero-order chi connectivity index (χ0) is 11.6. The third kappa shape index (κ3) is 5.83. The van der Waals surface area contributed by atoms with Crippen LogP contribution in [0.15, 0.2) is 0 Å². The molecule has 1 rings (SSSR count). The number of nitrogens with one attached hydrogen (secondary N) is 1. The Labute approximate surface area is 101 Å². The molecule has 0 atom stereocenters. The number of unbranched alkanes of at least 4 members (excludes halogenated alkanes) is 1. The molecule has 0 aromatic rings. The third-order valence-corrected chi connectivity index (χ3v) is 3.32. The van der Waals surface area contributed by atoms with Crippen LogP contribution in [0.25, 0.3) is 0 Å². The highest BCUT2D eigenvalue weighted by Gasteiger charge is 2.13. The average molecular weight is 228 g/mol. The second-order valence-corrected chi connectivity index (χ2v) is 4.61. The van der Waals surface area contributed by atoms with Gasteiger partial charge in [0.15, 0.2) is 0 Å². The summed E-state index contributed by atoms with van der Waals surface area (Å²) in [5, 5.41) is 3.36. The highest BCUT2D eigenvalue weighted by molar-refractivity contribution is 4.68. The standard InChI is InChI=1S/C13H28N2O/c1-3-5-10-15(4-2)11-12-16-13-6-8-14-9-7-13/h13-14H,3-12H2,1-2H3. The van der Waals surface area contributed by atoms with Gasteiger partial charge in [-0.15, -0.1) is 0 Å². The summed E-state index contributed by atoms with van der Waals surface area (Å²) >= 11 is 0. The summed E-state index contributed by atoms with van der Waals surface area (Å²) in [6.45, 7) is 11.1. The predicted octanol–water partition coefficient (Wildman–Crippen LogP) is 1.88. The van der Waals surface area contributed by atoms with Crippen molar-refractivity contribution in [1.82, 2.24) is 10.2 Å². The summed E-state index contributed by atoms with van der Waals surface area (Å²) in [4.78, 5) is 2.49. The van der Waals surface area contributed by atoms with Crippen LogP contribution in [0, 0.1) is 0 Å². The lowest BCUT2D eigenvalue weighted by Crippen LogP contribution is -2.35. The third-order valence-electron chi connectivity index (χ3n) is 3.32. The van der Waals surface area contributed by atoms with E-state index in [-0.39, 0.29) is 0 Å². The molecule has 0 unspecified atom stereocenters. The van der Waals surface area contributed by atoms with Crippen molar-refractivity contribution in [1.29, 1.82) is 0 Å². The van der Waals surface area contributed by atoms with Crippen molar-refractivity contribution in [2.75, 3.05) is 39.3 Å². The normalized spacial score (nSPS) is 18.2. The quantitative estimate of drug-likeness (QED) is 0.686. The number of likely N-dealkylation sites (N-methyl/N-ethyl adjacent to an activating group) is 1. The van der Waals surface area contributed by atoms with Crippen molar-refractivity contribution >= 4 is 0 Å². The molecule has 1 aliphatic rings. The van der Waals surface area contributed by atoms with Crippen molar-refractivity contribution < 1.29 is 4.74 Å². The van der Waals surface area contributed by atoms with Crippen LogP contribution in [-0.2, 0) is 4.74 Å². The number of rotatable bonds is 8. The van der Waals surface area contributed by atoms with Crippen molar-refractivity contribution in [2.24, 2.45) is 0 Å². The number of ether oxygens (including phenoxy) is 1. The van der Waals surface area contributed by atoms with Gasteiger partial charge in [0.2, 0.25) is 0 Å². The van der Waals surface area contributed by atoms with Crippen molar-refractivity contribution in [3.63, 3.8) is 0 Å². The molecular weight excluding hydrogens is 200 g/mol. The molecule has 0 saturated carbocycles. The van der Waals surface area contributed by atoms with Gasteiger partial charge in [-0.2, -0.15) is 0 Å². The summed E-state index contributed by atoms with van der Waals surface area (Å²) in [6.07, 6.45) is 5.46. The van der Waals surface area contributed by atoms with Gasteiger partial charge >= 0.3 is 0 Å². The molecule has 3 nitrogen and oxygen atoms in total. The van der Waals surface area contributed by atoms with E-state index in [9.17, 15) is 0 Å². The van der Waals surface area contributed by atoms with E-state index in [1.54, 1.807) is 0 Å². The van der Waals surface area contributed by atoms with Gasteiger partial charge in [0.05, 0.1) is 12.7 Å². The fourth-order valence-corrected chi connectivity index (χ4v) is 2.12. The fraction of sp³-hybridized carbons (Fsp3) is 1.00. The molecule has 3 heteroatoms. The molecule has 0 spiro atoms. The molecule has 0 radical (unpaired) electrons. The Hall–Kier alpha value is -0.120. The summed E-state index contributed by atoms with van der Waals surface area (Å²) < 4.78 is 5.91. The lowest BCUT2D eigenvalue weighted by molar-refractivity contribution is 0.0206. The topological polar surface area (TPSA) is 24.5 Å². The van der Waals surface area contributed by atoms with Crippen LogP contribution < -0.4 is 5.32 Å². The zero-order valence-electron chi connectivity index (χ0n) is 11.0. The first-order chi connectivity index (χ1) is 7.86. The average Bonchev–Trinajstić information content (AvgIpc) is 2.35. The largest absolute Gasteiger partial charge is 0.377 e. The molecular formula is C13H28N2O. The molecule has 1 heterocycles. The van der Waals surface area contributed by atoms with Gasteiger partial charge in [0.25, 0.3) is 0 Å². The van der Waals surface area contributed by atoms with E-state index in [1.165, 1.54) is 32.2 Å². The van der Waals surface area contributed by atoms with E-state index >= 15 is 0 Å². The molecule has 96 valence electrons. The monoisotopic (exact) mass is 228 g/mol. The van der Waals surface area contributed by atoms with E-state index < -0.39 is 0 Å². The molecule has 1 fully saturated rings. The maximum Gasteiger partial charge on any atom is 0.0600 e. The molecule has 0 bridgehead atoms. The van der Waals surface area contributed by atoms with E-state index in [0.717, 1.165) is 32.8 Å². The number of piperidine rings is 1. The number of hydrogen-bond acceptors (Lipinski definition) is 3. The van der Waals surface area contributed by atoms with E-state index in [1.807, 2.05) is 0 Å². The summed E-state index contributed by atoms with van der Waals surface area (Å²) in [7, 11) is 0. The van der Waals surface area contributed by atoms with Gasteiger partial charge in [-0.1, -0.05) is 20.3 Å². The first kappa shape index (κ1) is 13.9. The minimum Gasteiger partial charge on any atom is -0.377 e. The minimum absolute atomic E-state index is 0.506. The first-order valence-electron chi connectivity index (χ1n) is 6.91. The van der Waals surface area contributed by atoms with E-state index in [0.29, 0.717) is 6.10 Å². The second kappa shape index (κ2) is 8.97. The fourth-order valence-electron chi connectivity index (χ4n) is 2.12. The van der Waals surface area contributed by atoms with Gasteiger partial charge in [-0.25, -0.2) is 0 Å². The molecule has 0 aromatic carbocycles. The Morgan fingerprint density at radius 1 is 1.19 bits per heavy atom. The lowest BCUT2D eigenvalue weighted by atomic mass is 10.1. The van der Waals surface area contributed by atoms with Crippen LogP contribution in [0.5, 0.6) is 0 Å². The van der Waals surface area contributed by atoms with Crippen molar-refractivity contribution in [2.45, 2.75) is 45.6 Å². The summed E-state index contributed by atoms with van der Waals surface area (Å²) in [5.41, 5.74) is 0. The molecule has 0 aliphatic carbocycles. The van der Waals surface area contributed by atoms with Gasteiger partial charge in [-0.05, 0) is 45.4 Å². The molecule has 16 heavy (non-hydrogen) atoms. The van der Waals surface area contributed by atoms with Gasteiger partial charge < -0.3 is 15.0 Å². The van der Waals surface area contributed by atoms with Crippen LogP contribution >= 0.6 is 0 Å². The van der Waals surface area contributed by atoms with Crippen LogP contribution in [-0.4, -0.2) is 50.3 Å². The molecule has 0 amide bonds. The van der Waals surface area contributed by atoms with Crippen molar-refractivity contribution in [3.8, 4) is 0 Å². The maximum atomic E-state index is 5.91. The van der Waals surface area contributed by atoms with E-state index in [2.05, 4.69) is 24.1 Å². The minimum atomic E-state index is 0.506. The van der Waals surface area contributed by atoms with Crippen LogP contribution in [0.2, 0.25) is 0 Å². The Kier molecular flexibility index (Phi) is 7.81. The summed E-state index contributed by atoms with van der Waals surface area (Å²) in [5.74, 6) is 0. The highest BCUT2D eigenvalue weighted by Crippen LogP contribution is 2.07. The van der Waals surface area contributed by atoms with Crippen molar-refractivity contribution in [3.05, 3.63) is 0 Å². The molecule has 1 aliphatic heterocycles. The number of nitrogens with zero attached hydrogens (tertiary/aromatic N) is 1. The smallest absolute Gasteiger partial charge is 0.0600 e. The first-order valence-corrected chi connectivity index (χ1v) is 6.91. The Morgan fingerprint density at radius 3 is 2.56 bits per heavy atom. The van der Waals surface area contributed by atoms with E-state index in [4.69, 9.17) is 4.74 Å². The lowest BCUT2D eigenvalue weighted by Gasteiger charge is -2.25. The molecule has 1 N–H and O–H groups in total. The Balaban J connectivity index is 2.02. The van der Waals surface area contributed by atoms with Gasteiger partial charge in [0.1, 0.15) is 0 Å². The molecule has 1 saturated heterocycles. The SMILES string of the molecule is CCCCN(CC)CCOC1CCNCC1. The van der Waals surface area contributed by atoms with Gasteiger partial charge in [-0.3, -0.25) is 0 Å². The van der Waals surface area contributed by atoms with Crippen LogP contribution in [0.1, 0.15) is 39.5 Å². The summed E-state index contributed by atoms with van der Waals surface area (Å²) in [6, 6.07) is 0. The predicted molar refractivity (Wildman–Crippen MR) is 68.9 cm³/mol. The zero-order valence-corrected chi connectivity index (χ0v) is 11.0. The number of hydrogen-bond donors (Lipinski definition) is 1. The van der Waals surface area contributed by atoms with Crippen LogP contribution in [0.4, 0.5) is 0 Å². The Morgan fingerprint density at radius 2 is 1.94 bits per heavy atom.